The number of rotatable bonds is 30. The summed E-state index contributed by atoms with van der Waals surface area (Å²) in [5, 5.41) is 0. The van der Waals surface area contributed by atoms with Gasteiger partial charge < -0.3 is 9.47 Å². The molecular formula is C35H66O3. The van der Waals surface area contributed by atoms with Gasteiger partial charge in [0.25, 0.3) is 0 Å². The zero-order valence-corrected chi connectivity index (χ0v) is 25.8. The molecule has 0 amide bonds. The van der Waals surface area contributed by atoms with Crippen LogP contribution < -0.4 is 0 Å². The summed E-state index contributed by atoms with van der Waals surface area (Å²) in [4.78, 5) is 11.7. The van der Waals surface area contributed by atoms with Gasteiger partial charge in [0.1, 0.15) is 0 Å². The third-order valence-electron chi connectivity index (χ3n) is 7.25. The van der Waals surface area contributed by atoms with Crippen LogP contribution in [0.5, 0.6) is 0 Å². The Labute approximate surface area is 238 Å². The molecule has 0 radical (unpaired) electrons. The molecule has 0 saturated carbocycles. The van der Waals surface area contributed by atoms with Crippen LogP contribution in [0.1, 0.15) is 181 Å². The Morgan fingerprint density at radius 2 is 0.684 bits per heavy atom. The van der Waals surface area contributed by atoms with E-state index < -0.39 is 6.16 Å². The molecule has 0 bridgehead atoms. The maximum atomic E-state index is 11.7. The molecule has 0 spiro atoms. The maximum Gasteiger partial charge on any atom is 0.508 e. The zero-order valence-electron chi connectivity index (χ0n) is 25.8. The first-order valence-electron chi connectivity index (χ1n) is 16.9. The molecule has 0 rings (SSSR count). The number of carbonyl (C=O) groups excluding carboxylic acids is 1. The van der Waals surface area contributed by atoms with Crippen molar-refractivity contribution >= 4 is 6.16 Å². The monoisotopic (exact) mass is 535 g/mol. The molecule has 3 nitrogen and oxygen atoms in total. The summed E-state index contributed by atoms with van der Waals surface area (Å²) < 4.78 is 10.4. The van der Waals surface area contributed by atoms with Gasteiger partial charge in [0.05, 0.1) is 13.2 Å². The lowest BCUT2D eigenvalue weighted by Crippen LogP contribution is -2.09. The molecule has 3 heteroatoms. The van der Waals surface area contributed by atoms with Crippen molar-refractivity contribution in [3.8, 4) is 0 Å². The predicted octanol–water partition coefficient (Wildman–Crippen LogP) is 12.4. The lowest BCUT2D eigenvalue weighted by Gasteiger charge is -2.06. The number of carbonyl (C=O) groups is 1. The average Bonchev–Trinajstić information content (AvgIpc) is 2.92. The Morgan fingerprint density at radius 3 is 1.05 bits per heavy atom. The summed E-state index contributed by atoms with van der Waals surface area (Å²) >= 11 is 0. The van der Waals surface area contributed by atoms with Crippen LogP contribution in [0.3, 0.4) is 0 Å². The van der Waals surface area contributed by atoms with Crippen LogP contribution in [0.15, 0.2) is 24.3 Å². The summed E-state index contributed by atoms with van der Waals surface area (Å²) in [6.45, 7) is 5.51. The number of allylic oxidation sites excluding steroid dienone is 4. The van der Waals surface area contributed by atoms with E-state index in [0.29, 0.717) is 13.2 Å². The van der Waals surface area contributed by atoms with Gasteiger partial charge in [0.15, 0.2) is 0 Å². The van der Waals surface area contributed by atoms with E-state index in [1.165, 1.54) is 141 Å². The van der Waals surface area contributed by atoms with Crippen molar-refractivity contribution in [2.45, 2.75) is 181 Å². The van der Waals surface area contributed by atoms with E-state index in [2.05, 4.69) is 38.2 Å². The molecule has 0 aliphatic heterocycles. The fourth-order valence-corrected chi connectivity index (χ4v) is 4.68. The smallest absolute Gasteiger partial charge is 0.434 e. The minimum Gasteiger partial charge on any atom is -0.434 e. The zero-order chi connectivity index (χ0) is 27.6. The first-order valence-corrected chi connectivity index (χ1v) is 16.9. The second kappa shape index (κ2) is 33.8. The van der Waals surface area contributed by atoms with Crippen molar-refractivity contribution in [1.29, 1.82) is 0 Å². The van der Waals surface area contributed by atoms with Gasteiger partial charge in [-0.3, -0.25) is 0 Å². The molecule has 0 fully saturated rings. The van der Waals surface area contributed by atoms with E-state index in [4.69, 9.17) is 9.47 Å². The first-order chi connectivity index (χ1) is 18.8. The van der Waals surface area contributed by atoms with E-state index in [1.807, 2.05) is 0 Å². The van der Waals surface area contributed by atoms with Crippen LogP contribution in [0.2, 0.25) is 0 Å². The Hall–Kier alpha value is -1.25. The third kappa shape index (κ3) is 32.8. The van der Waals surface area contributed by atoms with Crippen molar-refractivity contribution in [2.75, 3.05) is 13.2 Å². The molecule has 0 aliphatic carbocycles. The van der Waals surface area contributed by atoms with E-state index in [-0.39, 0.29) is 0 Å². The topological polar surface area (TPSA) is 35.5 Å². The molecule has 38 heavy (non-hydrogen) atoms. The van der Waals surface area contributed by atoms with Gasteiger partial charge in [-0.2, -0.15) is 0 Å². The normalized spacial score (nSPS) is 11.6. The molecular weight excluding hydrogens is 468 g/mol. The van der Waals surface area contributed by atoms with Crippen molar-refractivity contribution < 1.29 is 14.3 Å². The van der Waals surface area contributed by atoms with Gasteiger partial charge in [0, 0.05) is 0 Å². The highest BCUT2D eigenvalue weighted by molar-refractivity contribution is 5.59. The Bertz CT molecular complexity index is 511. The van der Waals surface area contributed by atoms with Crippen LogP contribution in [-0.4, -0.2) is 19.4 Å². The van der Waals surface area contributed by atoms with Gasteiger partial charge in [-0.1, -0.05) is 147 Å². The molecule has 0 aliphatic rings. The molecule has 224 valence electrons. The van der Waals surface area contributed by atoms with Crippen molar-refractivity contribution in [2.24, 2.45) is 0 Å². The summed E-state index contributed by atoms with van der Waals surface area (Å²) in [5.41, 5.74) is 0. The van der Waals surface area contributed by atoms with Gasteiger partial charge >= 0.3 is 6.16 Å². The Morgan fingerprint density at radius 1 is 0.395 bits per heavy atom. The highest BCUT2D eigenvalue weighted by Gasteiger charge is 2.03. The summed E-state index contributed by atoms with van der Waals surface area (Å²) in [6, 6.07) is 0. The number of hydrogen-bond donors (Lipinski definition) is 0. The van der Waals surface area contributed by atoms with Crippen molar-refractivity contribution in [3.05, 3.63) is 24.3 Å². The second-order valence-corrected chi connectivity index (χ2v) is 11.1. The van der Waals surface area contributed by atoms with E-state index in [0.717, 1.165) is 25.7 Å². The number of hydrogen-bond acceptors (Lipinski definition) is 3. The van der Waals surface area contributed by atoms with Crippen molar-refractivity contribution in [1.82, 2.24) is 0 Å². The lowest BCUT2D eigenvalue weighted by molar-refractivity contribution is 0.0529. The fourth-order valence-electron chi connectivity index (χ4n) is 4.68. The average molecular weight is 535 g/mol. The van der Waals surface area contributed by atoms with E-state index in [9.17, 15) is 4.79 Å². The largest absolute Gasteiger partial charge is 0.508 e. The predicted molar refractivity (Wildman–Crippen MR) is 167 cm³/mol. The third-order valence-corrected chi connectivity index (χ3v) is 7.25. The van der Waals surface area contributed by atoms with Gasteiger partial charge in [0.2, 0.25) is 0 Å². The fraction of sp³-hybridized carbons (Fsp3) is 0.857. The molecule has 0 N–H and O–H groups in total. The molecule has 0 atom stereocenters. The van der Waals surface area contributed by atoms with Gasteiger partial charge in [-0.25, -0.2) is 4.79 Å². The summed E-state index contributed by atoms with van der Waals surface area (Å²) in [5.74, 6) is 0. The van der Waals surface area contributed by atoms with Crippen LogP contribution in [0, 0.1) is 0 Å². The van der Waals surface area contributed by atoms with Crippen LogP contribution in [0.25, 0.3) is 0 Å². The molecule has 0 aromatic carbocycles. The molecule has 0 saturated heterocycles. The van der Waals surface area contributed by atoms with Crippen LogP contribution in [-0.2, 0) is 9.47 Å². The molecule has 0 heterocycles. The number of unbranched alkanes of at least 4 members (excludes halogenated alkanes) is 22. The van der Waals surface area contributed by atoms with Gasteiger partial charge in [-0.05, 0) is 57.8 Å². The maximum absolute atomic E-state index is 11.7. The first kappa shape index (κ1) is 36.8. The lowest BCUT2D eigenvalue weighted by atomic mass is 10.1. The van der Waals surface area contributed by atoms with E-state index >= 15 is 0 Å². The van der Waals surface area contributed by atoms with E-state index in [1.54, 1.807) is 0 Å². The molecule has 0 aromatic rings. The Kier molecular flexibility index (Phi) is 32.7. The minimum absolute atomic E-state index is 0.487. The Balaban J connectivity index is 3.21. The summed E-state index contributed by atoms with van der Waals surface area (Å²) in [6.07, 6.45) is 42.1. The van der Waals surface area contributed by atoms with Crippen molar-refractivity contribution in [3.63, 3.8) is 0 Å². The summed E-state index contributed by atoms with van der Waals surface area (Å²) in [7, 11) is 0. The number of ether oxygens (including phenoxy) is 2. The molecule has 0 unspecified atom stereocenters. The standard InChI is InChI=1S/C35H66O3/c1-3-5-7-9-11-13-15-17-18-19-20-21-22-24-26-28-30-32-34-38-35(36)37-33-31-29-27-25-23-16-14-12-10-8-6-4-2/h10,12,19-20H,3-9,11,13-18,21-34H2,1-2H3. The SMILES string of the molecule is CCCCC=CCCCCCCCCOC(=O)OCCCCCCCCC=CCCCCCCCCCC. The second-order valence-electron chi connectivity index (χ2n) is 11.1. The van der Waals surface area contributed by atoms with Gasteiger partial charge in [-0.15, -0.1) is 0 Å². The minimum atomic E-state index is -0.487. The highest BCUT2D eigenvalue weighted by atomic mass is 16.7. The van der Waals surface area contributed by atoms with Crippen LogP contribution in [0.4, 0.5) is 4.79 Å². The van der Waals surface area contributed by atoms with Crippen LogP contribution >= 0.6 is 0 Å². The molecule has 0 aromatic heterocycles. The quantitative estimate of drug-likeness (QED) is 0.0522. The highest BCUT2D eigenvalue weighted by Crippen LogP contribution is 2.12.